The molecule has 140 valence electrons. The lowest BCUT2D eigenvalue weighted by Crippen LogP contribution is -2.38. The highest BCUT2D eigenvalue weighted by Crippen LogP contribution is 2.27. The van der Waals surface area contributed by atoms with Crippen LogP contribution in [0.2, 0.25) is 0 Å². The molecule has 1 saturated heterocycles. The predicted octanol–water partition coefficient (Wildman–Crippen LogP) is 4.34. The number of hydrogen-bond acceptors (Lipinski definition) is 3. The smallest absolute Gasteiger partial charge is 0.119 e. The first-order valence-corrected chi connectivity index (χ1v) is 10.5. The molecule has 1 aliphatic carbocycles. The summed E-state index contributed by atoms with van der Waals surface area (Å²) in [6, 6.07) is 10.1. The molecule has 2 aliphatic rings. The number of nitrogens with zero attached hydrogens (tertiary/aromatic N) is 1. The fraction of sp³-hybridized carbons (Fsp3) is 0.727. The first-order valence-electron chi connectivity index (χ1n) is 10.5. The molecular formula is C22H36N2O. The Morgan fingerprint density at radius 1 is 0.920 bits per heavy atom. The largest absolute Gasteiger partial charge is 0.492 e. The summed E-state index contributed by atoms with van der Waals surface area (Å²) in [5.41, 5.74) is 0. The van der Waals surface area contributed by atoms with Crippen molar-refractivity contribution < 1.29 is 4.74 Å². The maximum Gasteiger partial charge on any atom is 0.119 e. The zero-order valence-corrected chi connectivity index (χ0v) is 15.8. The molecule has 0 bridgehead atoms. The molecule has 1 saturated carbocycles. The van der Waals surface area contributed by atoms with E-state index in [1.165, 1.54) is 71.0 Å². The van der Waals surface area contributed by atoms with Crippen LogP contribution in [0.4, 0.5) is 0 Å². The molecule has 1 heterocycles. The zero-order chi connectivity index (χ0) is 17.2. The Morgan fingerprint density at radius 3 is 2.44 bits per heavy atom. The quantitative estimate of drug-likeness (QED) is 0.675. The number of nitrogens with one attached hydrogen (secondary N) is 1. The Bertz CT molecular complexity index is 450. The predicted molar refractivity (Wildman–Crippen MR) is 105 cm³/mol. The van der Waals surface area contributed by atoms with Gasteiger partial charge in [-0.05, 0) is 69.4 Å². The van der Waals surface area contributed by atoms with Gasteiger partial charge in [0, 0.05) is 6.54 Å². The molecule has 0 aromatic heterocycles. The van der Waals surface area contributed by atoms with Gasteiger partial charge in [-0.3, -0.25) is 0 Å². The second-order valence-electron chi connectivity index (χ2n) is 7.94. The van der Waals surface area contributed by atoms with Crippen LogP contribution < -0.4 is 10.1 Å². The van der Waals surface area contributed by atoms with E-state index < -0.39 is 0 Å². The minimum atomic E-state index is 0.754. The summed E-state index contributed by atoms with van der Waals surface area (Å²) in [5.74, 6) is 2.84. The van der Waals surface area contributed by atoms with Crippen LogP contribution in [0.1, 0.15) is 51.4 Å². The summed E-state index contributed by atoms with van der Waals surface area (Å²) in [6.07, 6.45) is 11.6. The molecule has 1 aromatic rings. The summed E-state index contributed by atoms with van der Waals surface area (Å²) >= 11 is 0. The van der Waals surface area contributed by atoms with E-state index in [4.69, 9.17) is 4.74 Å². The van der Waals surface area contributed by atoms with Crippen LogP contribution in [0.25, 0.3) is 0 Å². The fourth-order valence-electron chi connectivity index (χ4n) is 4.32. The lowest BCUT2D eigenvalue weighted by molar-refractivity contribution is 0.165. The Balaban J connectivity index is 1.19. The second-order valence-corrected chi connectivity index (χ2v) is 7.94. The molecule has 1 N–H and O–H groups in total. The minimum absolute atomic E-state index is 0.754. The number of hydrogen-bond donors (Lipinski definition) is 1. The Morgan fingerprint density at radius 2 is 1.68 bits per heavy atom. The first kappa shape index (κ1) is 18.7. The molecule has 0 atom stereocenters. The number of piperidine rings is 1. The molecule has 3 nitrogen and oxygen atoms in total. The van der Waals surface area contributed by atoms with E-state index in [9.17, 15) is 0 Å². The van der Waals surface area contributed by atoms with Gasteiger partial charge in [-0.15, -0.1) is 0 Å². The van der Waals surface area contributed by atoms with Gasteiger partial charge < -0.3 is 15.0 Å². The molecular weight excluding hydrogens is 308 g/mol. The van der Waals surface area contributed by atoms with Crippen molar-refractivity contribution in [1.29, 1.82) is 0 Å². The van der Waals surface area contributed by atoms with Crippen molar-refractivity contribution in [2.45, 2.75) is 51.4 Å². The highest BCUT2D eigenvalue weighted by molar-refractivity contribution is 5.20. The van der Waals surface area contributed by atoms with Crippen molar-refractivity contribution in [3.63, 3.8) is 0 Å². The summed E-state index contributed by atoms with van der Waals surface area (Å²) in [5, 5.41) is 3.58. The van der Waals surface area contributed by atoms with Gasteiger partial charge in [0.1, 0.15) is 12.4 Å². The van der Waals surface area contributed by atoms with Crippen LogP contribution in [-0.2, 0) is 0 Å². The van der Waals surface area contributed by atoms with Gasteiger partial charge in [0.25, 0.3) is 0 Å². The van der Waals surface area contributed by atoms with Crippen LogP contribution >= 0.6 is 0 Å². The molecule has 3 rings (SSSR count). The van der Waals surface area contributed by atoms with Crippen LogP contribution in [0.3, 0.4) is 0 Å². The molecule has 3 heteroatoms. The minimum Gasteiger partial charge on any atom is -0.492 e. The van der Waals surface area contributed by atoms with Gasteiger partial charge >= 0.3 is 0 Å². The molecule has 1 aliphatic heterocycles. The highest BCUT2D eigenvalue weighted by Gasteiger charge is 2.20. The van der Waals surface area contributed by atoms with Crippen LogP contribution in [-0.4, -0.2) is 44.2 Å². The Kier molecular flexibility index (Phi) is 8.11. The topological polar surface area (TPSA) is 24.5 Å². The average molecular weight is 345 g/mol. The number of para-hydroxylation sites is 1. The molecule has 0 amide bonds. The lowest BCUT2D eigenvalue weighted by atomic mass is 9.86. The fourth-order valence-corrected chi connectivity index (χ4v) is 4.32. The normalized spacial score (nSPS) is 20.6. The van der Waals surface area contributed by atoms with E-state index in [2.05, 4.69) is 10.2 Å². The average Bonchev–Trinajstić information content (AvgIpc) is 2.69. The highest BCUT2D eigenvalue weighted by atomic mass is 16.5. The molecule has 1 aromatic carbocycles. The summed E-state index contributed by atoms with van der Waals surface area (Å²) in [4.78, 5) is 2.71. The van der Waals surface area contributed by atoms with Crippen molar-refractivity contribution in [3.05, 3.63) is 30.3 Å². The standard InChI is InChI=1S/C22H36N2O/c1-3-7-20(8-4-1)11-15-24-16-12-21(13-17-24)19-23-14-18-25-22-9-5-2-6-10-22/h2,5-6,9-10,20-21,23H,1,3-4,7-8,11-19H2. The SMILES string of the molecule is c1ccc(OCCNCC2CCN(CCC3CCCCC3)CC2)cc1. The van der Waals surface area contributed by atoms with E-state index in [1.807, 2.05) is 30.3 Å². The van der Waals surface area contributed by atoms with Crippen molar-refractivity contribution in [3.8, 4) is 5.75 Å². The zero-order valence-electron chi connectivity index (χ0n) is 15.8. The third-order valence-electron chi connectivity index (χ3n) is 6.01. The monoisotopic (exact) mass is 344 g/mol. The number of benzene rings is 1. The molecule has 0 radical (unpaired) electrons. The van der Waals surface area contributed by atoms with Crippen LogP contribution in [0.15, 0.2) is 30.3 Å². The van der Waals surface area contributed by atoms with Gasteiger partial charge in [-0.2, -0.15) is 0 Å². The molecule has 0 unspecified atom stereocenters. The van der Waals surface area contributed by atoms with Gasteiger partial charge in [0.15, 0.2) is 0 Å². The van der Waals surface area contributed by atoms with Gasteiger partial charge in [-0.1, -0.05) is 50.3 Å². The van der Waals surface area contributed by atoms with Gasteiger partial charge in [0.05, 0.1) is 0 Å². The Hall–Kier alpha value is -1.06. The molecule has 0 spiro atoms. The number of rotatable bonds is 9. The lowest BCUT2D eigenvalue weighted by Gasteiger charge is -2.33. The van der Waals surface area contributed by atoms with Crippen LogP contribution in [0.5, 0.6) is 5.75 Å². The van der Waals surface area contributed by atoms with E-state index in [1.54, 1.807) is 0 Å². The first-order chi connectivity index (χ1) is 12.4. The van der Waals surface area contributed by atoms with Gasteiger partial charge in [-0.25, -0.2) is 0 Å². The third-order valence-corrected chi connectivity index (χ3v) is 6.01. The van der Waals surface area contributed by atoms with Crippen molar-refractivity contribution in [2.24, 2.45) is 11.8 Å². The molecule has 2 fully saturated rings. The van der Waals surface area contributed by atoms with E-state index in [0.29, 0.717) is 0 Å². The van der Waals surface area contributed by atoms with Crippen molar-refractivity contribution >= 4 is 0 Å². The summed E-state index contributed by atoms with van der Waals surface area (Å²) < 4.78 is 5.73. The second kappa shape index (κ2) is 10.8. The van der Waals surface area contributed by atoms with E-state index >= 15 is 0 Å². The maximum absolute atomic E-state index is 5.73. The Labute approximate surface area is 154 Å². The van der Waals surface area contributed by atoms with Crippen molar-refractivity contribution in [2.75, 3.05) is 39.3 Å². The number of likely N-dealkylation sites (tertiary alicyclic amines) is 1. The summed E-state index contributed by atoms with van der Waals surface area (Å²) in [7, 11) is 0. The van der Waals surface area contributed by atoms with E-state index in [-0.39, 0.29) is 0 Å². The summed E-state index contributed by atoms with van der Waals surface area (Å²) in [6.45, 7) is 6.80. The van der Waals surface area contributed by atoms with Crippen molar-refractivity contribution in [1.82, 2.24) is 10.2 Å². The van der Waals surface area contributed by atoms with E-state index in [0.717, 1.165) is 37.3 Å². The molecule has 25 heavy (non-hydrogen) atoms. The van der Waals surface area contributed by atoms with Crippen LogP contribution in [0, 0.1) is 11.8 Å². The number of ether oxygens (including phenoxy) is 1. The van der Waals surface area contributed by atoms with Gasteiger partial charge in [0.2, 0.25) is 0 Å². The third kappa shape index (κ3) is 6.99. The maximum atomic E-state index is 5.73.